The molecule has 0 bridgehead atoms. The van der Waals surface area contributed by atoms with Gasteiger partial charge in [-0.3, -0.25) is 4.79 Å². The maximum absolute atomic E-state index is 12.1. The van der Waals surface area contributed by atoms with E-state index in [4.69, 9.17) is 5.73 Å². The van der Waals surface area contributed by atoms with Gasteiger partial charge in [-0.1, -0.05) is 13.8 Å². The Morgan fingerprint density at radius 2 is 2.16 bits per heavy atom. The van der Waals surface area contributed by atoms with Crippen LogP contribution in [-0.4, -0.2) is 28.6 Å². The normalized spacial score (nSPS) is 12.8. The van der Waals surface area contributed by atoms with E-state index in [2.05, 4.69) is 10.3 Å². The lowest BCUT2D eigenvalue weighted by molar-refractivity contribution is 0.0892. The summed E-state index contributed by atoms with van der Waals surface area (Å²) in [4.78, 5) is 15.1. The zero-order valence-corrected chi connectivity index (χ0v) is 11.1. The van der Waals surface area contributed by atoms with Gasteiger partial charge in [-0.15, -0.1) is 0 Å². The molecular weight excluding hydrogens is 242 g/mol. The number of hydrogen-bond acceptors (Lipinski definition) is 3. The number of anilines is 1. The number of aromatic amines is 1. The van der Waals surface area contributed by atoms with E-state index >= 15 is 0 Å². The van der Waals surface area contributed by atoms with Gasteiger partial charge < -0.3 is 21.1 Å². The Balaban J connectivity index is 2.21. The molecule has 1 amide bonds. The van der Waals surface area contributed by atoms with Crippen molar-refractivity contribution < 1.29 is 9.90 Å². The van der Waals surface area contributed by atoms with E-state index in [0.717, 1.165) is 10.9 Å². The van der Waals surface area contributed by atoms with Crippen molar-refractivity contribution in [3.63, 3.8) is 0 Å². The first-order valence-electron chi connectivity index (χ1n) is 6.31. The second kappa shape index (κ2) is 5.32. The van der Waals surface area contributed by atoms with Crippen LogP contribution in [0.3, 0.4) is 0 Å². The average Bonchev–Trinajstić information content (AvgIpc) is 2.78. The fourth-order valence-corrected chi connectivity index (χ4v) is 1.94. The average molecular weight is 261 g/mol. The molecule has 5 nitrogen and oxygen atoms in total. The van der Waals surface area contributed by atoms with Crippen LogP contribution >= 0.6 is 0 Å². The van der Waals surface area contributed by atoms with E-state index in [1.165, 1.54) is 0 Å². The lowest BCUT2D eigenvalue weighted by Gasteiger charge is -2.19. The van der Waals surface area contributed by atoms with Crippen LogP contribution in [0.2, 0.25) is 0 Å². The molecule has 0 aliphatic rings. The first kappa shape index (κ1) is 13.4. The Morgan fingerprint density at radius 1 is 1.42 bits per heavy atom. The maximum Gasteiger partial charge on any atom is 0.268 e. The number of nitrogens with two attached hydrogens (primary N) is 1. The summed E-state index contributed by atoms with van der Waals surface area (Å²) >= 11 is 0. The number of aliphatic hydroxyl groups excluding tert-OH is 1. The van der Waals surface area contributed by atoms with Crippen LogP contribution in [0.5, 0.6) is 0 Å². The van der Waals surface area contributed by atoms with Gasteiger partial charge in [0.25, 0.3) is 5.91 Å². The highest BCUT2D eigenvalue weighted by atomic mass is 16.3. The van der Waals surface area contributed by atoms with Crippen molar-refractivity contribution in [2.75, 3.05) is 12.3 Å². The number of carbonyl (C=O) groups is 1. The fraction of sp³-hybridized carbons (Fsp3) is 0.357. The highest BCUT2D eigenvalue weighted by Gasteiger charge is 2.17. The maximum atomic E-state index is 12.1. The molecule has 0 unspecified atom stereocenters. The van der Waals surface area contributed by atoms with Crippen LogP contribution in [0.15, 0.2) is 24.3 Å². The third kappa shape index (κ3) is 2.88. The van der Waals surface area contributed by atoms with E-state index in [1.807, 2.05) is 26.0 Å². The minimum atomic E-state index is -0.246. The summed E-state index contributed by atoms with van der Waals surface area (Å²) in [6.45, 7) is 3.83. The van der Waals surface area contributed by atoms with Gasteiger partial charge in [0.1, 0.15) is 5.69 Å². The van der Waals surface area contributed by atoms with Crippen molar-refractivity contribution in [3.8, 4) is 0 Å². The molecule has 1 heterocycles. The second-order valence-electron chi connectivity index (χ2n) is 5.04. The number of aromatic nitrogens is 1. The Labute approximate surface area is 111 Å². The van der Waals surface area contributed by atoms with Gasteiger partial charge in [0.05, 0.1) is 12.6 Å². The molecule has 5 N–H and O–H groups in total. The van der Waals surface area contributed by atoms with E-state index in [9.17, 15) is 9.90 Å². The quantitative estimate of drug-likeness (QED) is 0.628. The Morgan fingerprint density at radius 3 is 2.79 bits per heavy atom. The Hall–Kier alpha value is -2.01. The number of amides is 1. The van der Waals surface area contributed by atoms with E-state index in [1.54, 1.807) is 12.1 Å². The van der Waals surface area contributed by atoms with Crippen LogP contribution in [0.1, 0.15) is 24.3 Å². The predicted molar refractivity (Wildman–Crippen MR) is 75.9 cm³/mol. The fourth-order valence-electron chi connectivity index (χ4n) is 1.94. The van der Waals surface area contributed by atoms with Crippen LogP contribution in [0.4, 0.5) is 5.69 Å². The van der Waals surface area contributed by atoms with Crippen molar-refractivity contribution in [3.05, 3.63) is 30.0 Å². The van der Waals surface area contributed by atoms with E-state index < -0.39 is 0 Å². The number of nitrogens with one attached hydrogen (secondary N) is 2. The van der Waals surface area contributed by atoms with Gasteiger partial charge in [-0.05, 0) is 30.2 Å². The number of rotatable bonds is 4. The van der Waals surface area contributed by atoms with Crippen LogP contribution < -0.4 is 11.1 Å². The number of H-pyrrole nitrogens is 1. The number of aliphatic hydroxyl groups is 1. The van der Waals surface area contributed by atoms with E-state index in [0.29, 0.717) is 11.4 Å². The van der Waals surface area contributed by atoms with Gasteiger partial charge in [0, 0.05) is 16.6 Å². The molecule has 0 radical (unpaired) electrons. The summed E-state index contributed by atoms with van der Waals surface area (Å²) in [6.07, 6.45) is 0. The molecule has 0 saturated heterocycles. The van der Waals surface area contributed by atoms with Gasteiger partial charge in [0.2, 0.25) is 0 Å². The third-order valence-electron chi connectivity index (χ3n) is 3.21. The molecule has 2 rings (SSSR count). The Kier molecular flexibility index (Phi) is 3.76. The van der Waals surface area contributed by atoms with Crippen molar-refractivity contribution in [1.29, 1.82) is 0 Å². The molecule has 19 heavy (non-hydrogen) atoms. The monoisotopic (exact) mass is 261 g/mol. The van der Waals surface area contributed by atoms with Crippen LogP contribution in [-0.2, 0) is 0 Å². The first-order chi connectivity index (χ1) is 9.01. The molecule has 1 aromatic heterocycles. The molecule has 1 atom stereocenters. The molecule has 102 valence electrons. The van der Waals surface area contributed by atoms with E-state index in [-0.39, 0.29) is 24.5 Å². The molecule has 0 fully saturated rings. The topological polar surface area (TPSA) is 91.1 Å². The minimum absolute atomic E-state index is 0.0728. The van der Waals surface area contributed by atoms with Gasteiger partial charge in [0.15, 0.2) is 0 Å². The van der Waals surface area contributed by atoms with Crippen molar-refractivity contribution in [2.45, 2.75) is 19.9 Å². The van der Waals surface area contributed by atoms with Crippen LogP contribution in [0.25, 0.3) is 10.9 Å². The second-order valence-corrected chi connectivity index (χ2v) is 5.04. The minimum Gasteiger partial charge on any atom is -0.399 e. The number of benzene rings is 1. The zero-order valence-electron chi connectivity index (χ0n) is 11.1. The molecule has 5 heteroatoms. The molecule has 0 saturated carbocycles. The third-order valence-corrected chi connectivity index (χ3v) is 3.21. The predicted octanol–water partition coefficient (Wildman–Crippen LogP) is 1.50. The SMILES string of the molecule is CC(C)[C@@H](CO)NC(=O)c1cc2cc(N)ccc2[nH]1. The number of nitrogen functional groups attached to an aromatic ring is 1. The van der Waals surface area contributed by atoms with Crippen molar-refractivity contribution in [1.82, 2.24) is 10.3 Å². The summed E-state index contributed by atoms with van der Waals surface area (Å²) < 4.78 is 0. The number of hydrogen-bond donors (Lipinski definition) is 4. The lowest BCUT2D eigenvalue weighted by Crippen LogP contribution is -2.41. The Bertz CT molecular complexity index is 589. The molecule has 0 aliphatic carbocycles. The van der Waals surface area contributed by atoms with Crippen molar-refractivity contribution in [2.24, 2.45) is 5.92 Å². The van der Waals surface area contributed by atoms with Crippen molar-refractivity contribution >= 4 is 22.5 Å². The summed E-state index contributed by atoms with van der Waals surface area (Å²) in [7, 11) is 0. The summed E-state index contributed by atoms with van der Waals surface area (Å²) in [5, 5.41) is 12.9. The molecule has 1 aromatic carbocycles. The molecule has 2 aromatic rings. The largest absolute Gasteiger partial charge is 0.399 e. The van der Waals surface area contributed by atoms with Gasteiger partial charge in [-0.25, -0.2) is 0 Å². The van der Waals surface area contributed by atoms with Crippen LogP contribution in [0, 0.1) is 5.92 Å². The van der Waals surface area contributed by atoms with Gasteiger partial charge >= 0.3 is 0 Å². The lowest BCUT2D eigenvalue weighted by atomic mass is 10.1. The number of carbonyl (C=O) groups excluding carboxylic acids is 1. The van der Waals surface area contributed by atoms with Gasteiger partial charge in [-0.2, -0.15) is 0 Å². The summed E-state index contributed by atoms with van der Waals surface area (Å²) in [6, 6.07) is 6.95. The summed E-state index contributed by atoms with van der Waals surface area (Å²) in [5.41, 5.74) is 7.70. The standard InChI is InChI=1S/C14H19N3O2/c1-8(2)13(7-18)17-14(19)12-6-9-5-10(15)3-4-11(9)16-12/h3-6,8,13,16,18H,7,15H2,1-2H3,(H,17,19)/t13-/m1/s1. The highest BCUT2D eigenvalue weighted by Crippen LogP contribution is 2.18. The molecule has 0 spiro atoms. The smallest absolute Gasteiger partial charge is 0.268 e. The number of fused-ring (bicyclic) bond motifs is 1. The summed E-state index contributed by atoms with van der Waals surface area (Å²) in [5.74, 6) is -0.0449. The molecule has 0 aliphatic heterocycles. The highest BCUT2D eigenvalue weighted by molar-refractivity contribution is 5.98. The molecular formula is C14H19N3O2. The first-order valence-corrected chi connectivity index (χ1v) is 6.31. The zero-order chi connectivity index (χ0) is 14.0.